The summed E-state index contributed by atoms with van der Waals surface area (Å²) in [5, 5.41) is 25.2. The van der Waals surface area contributed by atoms with Crippen molar-refractivity contribution >= 4 is 58.2 Å². The van der Waals surface area contributed by atoms with Crippen molar-refractivity contribution in [2.24, 2.45) is 0 Å². The van der Waals surface area contributed by atoms with Gasteiger partial charge in [0.25, 0.3) is 17.4 Å². The van der Waals surface area contributed by atoms with Gasteiger partial charge in [-0.05, 0) is 67.3 Å². The van der Waals surface area contributed by atoms with E-state index in [2.05, 4.69) is 26.6 Å². The number of cyclic esters (lactones) is 1. The number of nitrogens with zero attached hydrogens (tertiary/aromatic N) is 3. The third kappa shape index (κ3) is 9.74. The van der Waals surface area contributed by atoms with Crippen LogP contribution < -0.4 is 32.1 Å². The fourth-order valence-corrected chi connectivity index (χ4v) is 9.43. The second-order valence-corrected chi connectivity index (χ2v) is 17.5. The Balaban J connectivity index is 0.899. The minimum Gasteiger partial charge on any atom is -0.458 e. The van der Waals surface area contributed by atoms with Crippen LogP contribution in [0, 0.1) is 12.7 Å². The Morgan fingerprint density at radius 2 is 1.59 bits per heavy atom. The Morgan fingerprint density at radius 1 is 0.884 bits per heavy atom. The van der Waals surface area contributed by atoms with Crippen molar-refractivity contribution in [1.29, 1.82) is 0 Å². The number of imide groups is 1. The predicted octanol–water partition coefficient (Wildman–Crippen LogP) is 1.19. The summed E-state index contributed by atoms with van der Waals surface area (Å²) in [5.74, 6) is -5.09. The number of halogens is 1. The lowest BCUT2D eigenvalue weighted by atomic mass is 9.81. The van der Waals surface area contributed by atoms with Gasteiger partial charge >= 0.3 is 5.97 Å². The minimum atomic E-state index is -2.06. The number of aliphatic hydroxyl groups is 1. The monoisotopic (exact) mass is 946 g/mol. The number of pyridine rings is 2. The zero-order chi connectivity index (χ0) is 49.1. The molecule has 2 aromatic heterocycles. The Hall–Kier alpha value is -7.61. The molecule has 0 spiro atoms. The van der Waals surface area contributed by atoms with Crippen LogP contribution in [0.3, 0.4) is 0 Å². The maximum atomic E-state index is 15.4. The molecular weight excluding hydrogens is 896 g/mol. The molecule has 4 aromatic rings. The first-order chi connectivity index (χ1) is 33.1. The first-order valence-corrected chi connectivity index (χ1v) is 22.9. The normalized spacial score (nSPS) is 17.9. The molecule has 0 fully saturated rings. The van der Waals surface area contributed by atoms with Crippen molar-refractivity contribution in [3.8, 4) is 11.4 Å². The van der Waals surface area contributed by atoms with Gasteiger partial charge in [-0.15, -0.1) is 0 Å². The highest BCUT2D eigenvalue weighted by Crippen LogP contribution is 2.46. The van der Waals surface area contributed by atoms with Gasteiger partial charge in [0.1, 0.15) is 18.5 Å². The van der Waals surface area contributed by atoms with E-state index in [1.807, 2.05) is 0 Å². The molecule has 6 N–H and O–H groups in total. The van der Waals surface area contributed by atoms with E-state index in [0.717, 1.165) is 4.90 Å². The third-order valence-corrected chi connectivity index (χ3v) is 13.1. The number of rotatable bonds is 18. The zero-order valence-electron chi connectivity index (χ0n) is 38.0. The maximum absolute atomic E-state index is 15.4. The van der Waals surface area contributed by atoms with Crippen LogP contribution in [0.15, 0.2) is 59.4 Å². The topological polar surface area (TPSA) is 264 Å². The summed E-state index contributed by atoms with van der Waals surface area (Å²) >= 11 is 0. The highest BCUT2D eigenvalue weighted by Gasteiger charge is 2.46. The molecule has 0 saturated heterocycles. The Morgan fingerprint density at radius 3 is 2.33 bits per heavy atom. The fraction of sp³-hybridized carbons (Fsp3) is 0.388. The largest absolute Gasteiger partial charge is 0.458 e. The van der Waals surface area contributed by atoms with Crippen LogP contribution in [0.2, 0.25) is 0 Å². The lowest BCUT2D eigenvalue weighted by molar-refractivity contribution is -0.172. The van der Waals surface area contributed by atoms with Crippen LogP contribution in [0.1, 0.15) is 90.4 Å². The van der Waals surface area contributed by atoms with Crippen LogP contribution in [-0.4, -0.2) is 99.1 Å². The molecule has 0 bridgehead atoms. The van der Waals surface area contributed by atoms with Gasteiger partial charge in [0.05, 0.1) is 54.7 Å². The number of unbranched alkanes of at least 4 members (excludes halogenated alkanes) is 2. The molecule has 0 radical (unpaired) electrons. The molecule has 0 saturated carbocycles. The standard InChI is InChI=1S/C49H51FN8O11/c1-3-49(68)31-19-36-45-29(24-58(36)47(66)30(31)25-69-48(49)67)44-33(14-13-28-26(2)32(50)20-34(56-45)43(28)44)54-40(62)23-53-46(65)35(18-27-10-6-4-7-11-27)55-39(61)22-52-38(60)21-51-37(59)12-8-5-9-17-57-41(63)15-16-42(57)64/h4,6-7,10-11,15-16,19-20,33,35,68H,3,5,8-9,12-14,17-18,21-25H2,1-2H3,(H,51,59)(H,52,60)(H,53,65)(H,54,62)(H,55,61)/t33-,35?,49-/m0/s1. The number of hydrogen-bond donors (Lipinski definition) is 6. The first-order valence-electron chi connectivity index (χ1n) is 22.9. The van der Waals surface area contributed by atoms with Gasteiger partial charge in [-0.25, -0.2) is 14.2 Å². The quantitative estimate of drug-likeness (QED) is 0.0411. The maximum Gasteiger partial charge on any atom is 0.343 e. The number of hydrogen-bond acceptors (Lipinski definition) is 12. The van der Waals surface area contributed by atoms with Crippen LogP contribution in [0.4, 0.5) is 4.39 Å². The Labute approximate surface area is 394 Å². The summed E-state index contributed by atoms with van der Waals surface area (Å²) in [7, 11) is 0. The molecule has 360 valence electrons. The van der Waals surface area contributed by atoms with Crippen molar-refractivity contribution < 1.29 is 52.6 Å². The summed E-state index contributed by atoms with van der Waals surface area (Å²) in [4.78, 5) is 121. The molecule has 19 nitrogen and oxygen atoms in total. The number of aromatic nitrogens is 2. The molecule has 4 aliphatic rings. The SMILES string of the molecule is CC[C@@]1(O)C(=O)OCc2c1cc1n(c2=O)Cc2c-1nc1cc(F)c(C)c3c1c2[C@@H](NC(=O)CNC(=O)C(Cc1ccccc1)NC(=O)CNC(=O)CNC(=O)CCCCCN1C(=O)C=CC1=O)CC3. The van der Waals surface area contributed by atoms with Crippen molar-refractivity contribution in [2.45, 2.75) is 96.1 Å². The molecule has 5 heterocycles. The number of carbonyl (C=O) groups excluding carboxylic acids is 8. The van der Waals surface area contributed by atoms with Crippen molar-refractivity contribution in [3.63, 3.8) is 0 Å². The molecule has 7 amide bonds. The minimum absolute atomic E-state index is 0.0389. The number of fused-ring (bicyclic) bond motifs is 5. The number of nitrogens with one attached hydrogen (secondary N) is 5. The van der Waals surface area contributed by atoms with Crippen LogP contribution >= 0.6 is 0 Å². The van der Waals surface area contributed by atoms with Gasteiger partial charge in [-0.3, -0.25) is 43.3 Å². The van der Waals surface area contributed by atoms with E-state index in [1.165, 1.54) is 22.8 Å². The Bertz CT molecular complexity index is 2900. The molecule has 8 rings (SSSR count). The average Bonchev–Trinajstić information content (AvgIpc) is 3.87. The lowest BCUT2D eigenvalue weighted by Gasteiger charge is -2.31. The van der Waals surface area contributed by atoms with E-state index in [-0.39, 0.29) is 61.9 Å². The summed E-state index contributed by atoms with van der Waals surface area (Å²) in [6.45, 7) is 1.83. The second-order valence-electron chi connectivity index (χ2n) is 17.5. The molecule has 1 aliphatic carbocycles. The van der Waals surface area contributed by atoms with E-state index in [4.69, 9.17) is 9.72 Å². The first kappa shape index (κ1) is 47.9. The van der Waals surface area contributed by atoms with Crippen molar-refractivity contribution in [3.05, 3.63) is 110 Å². The van der Waals surface area contributed by atoms with Crippen molar-refractivity contribution in [2.75, 3.05) is 26.2 Å². The van der Waals surface area contributed by atoms with Gasteiger partial charge in [0.15, 0.2) is 5.60 Å². The number of aryl methyl sites for hydroxylation is 1. The van der Waals surface area contributed by atoms with E-state index < -0.39 is 84.2 Å². The fourth-order valence-electron chi connectivity index (χ4n) is 9.43. The van der Waals surface area contributed by atoms with Gasteiger partial charge in [-0.1, -0.05) is 43.7 Å². The summed E-state index contributed by atoms with van der Waals surface area (Å²) in [6.07, 6.45) is 4.81. The van der Waals surface area contributed by atoms with E-state index >= 15 is 4.39 Å². The lowest BCUT2D eigenvalue weighted by Crippen LogP contribution is -2.52. The van der Waals surface area contributed by atoms with Gasteiger partial charge in [-0.2, -0.15) is 0 Å². The molecule has 1 unspecified atom stereocenters. The molecular formula is C49H51FN8O11. The van der Waals surface area contributed by atoms with Crippen LogP contribution in [-0.2, 0) is 74.7 Å². The molecule has 2 aromatic carbocycles. The van der Waals surface area contributed by atoms with Gasteiger partial charge in [0.2, 0.25) is 29.5 Å². The van der Waals surface area contributed by atoms with Gasteiger partial charge < -0.3 is 41.0 Å². The molecule has 3 aliphatic heterocycles. The highest BCUT2D eigenvalue weighted by molar-refractivity contribution is 6.12. The predicted molar refractivity (Wildman–Crippen MR) is 244 cm³/mol. The summed E-state index contributed by atoms with van der Waals surface area (Å²) in [6, 6.07) is 9.87. The van der Waals surface area contributed by atoms with Crippen molar-refractivity contribution in [1.82, 2.24) is 41.0 Å². The highest BCUT2D eigenvalue weighted by atomic mass is 19.1. The number of ether oxygens (including phenoxy) is 1. The summed E-state index contributed by atoms with van der Waals surface area (Å²) in [5.41, 5.74) is 1.77. The van der Waals surface area contributed by atoms with Crippen LogP contribution in [0.25, 0.3) is 22.3 Å². The van der Waals surface area contributed by atoms with Crippen LogP contribution in [0.5, 0.6) is 0 Å². The Kier molecular flexibility index (Phi) is 13.8. The van der Waals surface area contributed by atoms with E-state index in [1.54, 1.807) is 50.2 Å². The van der Waals surface area contributed by atoms with E-state index in [9.17, 15) is 48.3 Å². The summed E-state index contributed by atoms with van der Waals surface area (Å²) < 4.78 is 22.1. The molecule has 3 atom stereocenters. The third-order valence-electron chi connectivity index (χ3n) is 13.1. The van der Waals surface area contributed by atoms with E-state index in [0.29, 0.717) is 82.2 Å². The number of carbonyl (C=O) groups is 8. The second kappa shape index (κ2) is 19.9. The zero-order valence-corrected chi connectivity index (χ0v) is 38.0. The average molecular weight is 947 g/mol. The molecule has 69 heavy (non-hydrogen) atoms. The number of amides is 7. The van der Waals surface area contributed by atoms with Gasteiger partial charge in [0, 0.05) is 54.1 Å². The smallest absolute Gasteiger partial charge is 0.343 e. The number of esters is 1. The number of benzene rings is 2. The molecule has 20 heteroatoms.